The van der Waals surface area contributed by atoms with Gasteiger partial charge in [-0.05, 0) is 45.0 Å². The van der Waals surface area contributed by atoms with Crippen molar-refractivity contribution in [3.05, 3.63) is 24.3 Å². The van der Waals surface area contributed by atoms with E-state index < -0.39 is 37.3 Å². The van der Waals surface area contributed by atoms with Crippen LogP contribution in [-0.2, 0) is 9.47 Å². The third-order valence-corrected chi connectivity index (χ3v) is 3.97. The van der Waals surface area contributed by atoms with Crippen LogP contribution in [0.25, 0.3) is 0 Å². The van der Waals surface area contributed by atoms with E-state index in [9.17, 15) is 20.4 Å². The van der Waals surface area contributed by atoms with Crippen LogP contribution in [0.1, 0.15) is 20.8 Å². The van der Waals surface area contributed by atoms with Gasteiger partial charge in [0.05, 0.1) is 13.2 Å². The molecule has 8 nitrogen and oxygen atoms in total. The van der Waals surface area contributed by atoms with E-state index in [-0.39, 0.29) is 11.3 Å². The lowest BCUT2D eigenvalue weighted by Crippen LogP contribution is -2.61. The van der Waals surface area contributed by atoms with E-state index in [0.717, 1.165) is 0 Å². The second-order valence-electron chi connectivity index (χ2n) is 7.33. The number of ether oxygens (including phenoxy) is 3. The molecule has 1 aromatic rings. The molecule has 1 heterocycles. The van der Waals surface area contributed by atoms with Crippen molar-refractivity contribution in [3.63, 3.8) is 0 Å². The lowest BCUT2D eigenvalue weighted by atomic mass is 9.99. The van der Waals surface area contributed by atoms with Gasteiger partial charge in [-0.25, -0.2) is 0 Å². The predicted octanol–water partition coefficient (Wildman–Crippen LogP) is -0.0167. The quantitative estimate of drug-likeness (QED) is 0.424. The van der Waals surface area contributed by atoms with Crippen molar-refractivity contribution in [2.24, 2.45) is 0 Å². The van der Waals surface area contributed by atoms with Crippen LogP contribution < -0.4 is 10.1 Å². The molecule has 2 rings (SSSR count). The van der Waals surface area contributed by atoms with E-state index in [1.54, 1.807) is 0 Å². The fourth-order valence-corrected chi connectivity index (χ4v) is 2.60. The number of phenols is 1. The summed E-state index contributed by atoms with van der Waals surface area (Å²) >= 11 is 0. The number of aliphatic hydroxyl groups excluding tert-OH is 3. The van der Waals surface area contributed by atoms with Gasteiger partial charge in [-0.3, -0.25) is 0 Å². The number of nitrogens with one attached hydrogen (secondary N) is 1. The Kier molecular flexibility index (Phi) is 7.22. The Labute approximate surface area is 153 Å². The molecule has 0 saturated carbocycles. The molecule has 26 heavy (non-hydrogen) atoms. The molecule has 1 aromatic carbocycles. The summed E-state index contributed by atoms with van der Waals surface area (Å²) in [4.78, 5) is 0. The average Bonchev–Trinajstić information content (AvgIpc) is 2.58. The van der Waals surface area contributed by atoms with Crippen LogP contribution in [0.5, 0.6) is 11.5 Å². The van der Waals surface area contributed by atoms with Gasteiger partial charge in [0.2, 0.25) is 0 Å². The Morgan fingerprint density at radius 2 is 1.77 bits per heavy atom. The third-order valence-electron chi connectivity index (χ3n) is 3.97. The van der Waals surface area contributed by atoms with Crippen LogP contribution in [0.4, 0.5) is 0 Å². The molecule has 1 saturated heterocycles. The molecule has 1 fully saturated rings. The lowest BCUT2D eigenvalue weighted by Gasteiger charge is -2.41. The van der Waals surface area contributed by atoms with E-state index in [4.69, 9.17) is 14.2 Å². The van der Waals surface area contributed by atoms with Gasteiger partial charge in [0.1, 0.15) is 29.8 Å². The van der Waals surface area contributed by atoms with Crippen LogP contribution in [0.3, 0.4) is 0 Å². The first kappa shape index (κ1) is 20.9. The molecule has 0 amide bonds. The van der Waals surface area contributed by atoms with Crippen molar-refractivity contribution in [1.29, 1.82) is 0 Å². The summed E-state index contributed by atoms with van der Waals surface area (Å²) in [6.45, 7) is 6.48. The highest BCUT2D eigenvalue weighted by atomic mass is 16.7. The maximum Gasteiger partial charge on any atom is 0.197 e. The molecule has 1 aliphatic rings. The van der Waals surface area contributed by atoms with Gasteiger partial charge in [0.15, 0.2) is 12.4 Å². The van der Waals surface area contributed by atoms with Gasteiger partial charge in [0, 0.05) is 12.1 Å². The molecule has 0 bridgehead atoms. The smallest absolute Gasteiger partial charge is 0.197 e. The van der Waals surface area contributed by atoms with Gasteiger partial charge in [-0.1, -0.05) is 0 Å². The maximum atomic E-state index is 10.4. The van der Waals surface area contributed by atoms with E-state index in [1.807, 2.05) is 20.8 Å². The molecule has 0 spiro atoms. The van der Waals surface area contributed by atoms with Gasteiger partial charge in [-0.2, -0.15) is 0 Å². The minimum absolute atomic E-state index is 0.0674. The Morgan fingerprint density at radius 3 is 2.35 bits per heavy atom. The summed E-state index contributed by atoms with van der Waals surface area (Å²) in [6.07, 6.45) is -5.55. The number of hydrogen-bond acceptors (Lipinski definition) is 8. The van der Waals surface area contributed by atoms with Crippen LogP contribution in [0, 0.1) is 0 Å². The van der Waals surface area contributed by atoms with Crippen LogP contribution in [-0.4, -0.2) is 76.4 Å². The Bertz CT molecular complexity index is 545. The molecule has 148 valence electrons. The minimum Gasteiger partial charge on any atom is -0.508 e. The summed E-state index contributed by atoms with van der Waals surface area (Å²) in [6, 6.07) is 5.96. The van der Waals surface area contributed by atoms with E-state index >= 15 is 0 Å². The van der Waals surface area contributed by atoms with Crippen molar-refractivity contribution in [3.8, 4) is 11.5 Å². The third kappa shape index (κ3) is 5.80. The summed E-state index contributed by atoms with van der Waals surface area (Å²) in [7, 11) is 0. The molecule has 8 heteroatoms. The average molecular weight is 371 g/mol. The van der Waals surface area contributed by atoms with E-state index in [0.29, 0.717) is 18.9 Å². The first-order valence-electron chi connectivity index (χ1n) is 8.66. The fourth-order valence-electron chi connectivity index (χ4n) is 2.60. The van der Waals surface area contributed by atoms with Gasteiger partial charge in [0.25, 0.3) is 0 Å². The standard InChI is InChI=1S/C18H29NO7/c1-18(2,3)19-8-9-24-17-16(15(23)14(22)13(10-20)26-17)25-12-6-4-11(21)5-7-12/h4-7,13-17,19-23H,8-10H2,1-3H3/t13?,14-,15+,16?,17+/m1/s1. The zero-order valence-corrected chi connectivity index (χ0v) is 15.3. The number of aromatic hydroxyl groups is 1. The van der Waals surface area contributed by atoms with Crippen molar-refractivity contribution in [2.45, 2.75) is 57.0 Å². The number of phenolic OH excluding ortho intramolecular Hbond substituents is 1. The van der Waals surface area contributed by atoms with Crippen LogP contribution >= 0.6 is 0 Å². The molecule has 0 radical (unpaired) electrons. The van der Waals surface area contributed by atoms with Gasteiger partial charge in [-0.15, -0.1) is 0 Å². The zero-order chi connectivity index (χ0) is 19.3. The zero-order valence-electron chi connectivity index (χ0n) is 15.3. The second kappa shape index (κ2) is 8.98. The summed E-state index contributed by atoms with van der Waals surface area (Å²) < 4.78 is 17.0. The molecular weight excluding hydrogens is 342 g/mol. The highest BCUT2D eigenvalue weighted by Crippen LogP contribution is 2.27. The first-order chi connectivity index (χ1) is 12.2. The molecule has 1 aliphatic heterocycles. The number of hydrogen-bond donors (Lipinski definition) is 5. The van der Waals surface area contributed by atoms with Gasteiger partial charge >= 0.3 is 0 Å². The Morgan fingerprint density at radius 1 is 1.12 bits per heavy atom. The lowest BCUT2D eigenvalue weighted by molar-refractivity contribution is -0.295. The fraction of sp³-hybridized carbons (Fsp3) is 0.667. The largest absolute Gasteiger partial charge is 0.508 e. The van der Waals surface area contributed by atoms with Crippen LogP contribution in [0.15, 0.2) is 24.3 Å². The topological polar surface area (TPSA) is 121 Å². The highest BCUT2D eigenvalue weighted by Gasteiger charge is 2.46. The van der Waals surface area contributed by atoms with Gasteiger partial charge < -0.3 is 40.0 Å². The molecule has 0 aromatic heterocycles. The Hall–Kier alpha value is -1.42. The monoisotopic (exact) mass is 371 g/mol. The van der Waals surface area contributed by atoms with E-state index in [2.05, 4.69) is 5.32 Å². The van der Waals surface area contributed by atoms with E-state index in [1.165, 1.54) is 24.3 Å². The molecular formula is C18H29NO7. The minimum atomic E-state index is -1.31. The molecule has 0 aliphatic carbocycles. The number of rotatable bonds is 7. The molecule has 5 N–H and O–H groups in total. The molecule has 5 atom stereocenters. The first-order valence-corrected chi connectivity index (χ1v) is 8.66. The van der Waals surface area contributed by atoms with Crippen molar-refractivity contribution >= 4 is 0 Å². The van der Waals surface area contributed by atoms with Crippen molar-refractivity contribution in [2.75, 3.05) is 19.8 Å². The van der Waals surface area contributed by atoms with Crippen molar-refractivity contribution in [1.82, 2.24) is 5.32 Å². The Balaban J connectivity index is 2.04. The summed E-state index contributed by atoms with van der Waals surface area (Å²) in [5.74, 6) is 0.464. The number of benzene rings is 1. The highest BCUT2D eigenvalue weighted by molar-refractivity contribution is 5.30. The van der Waals surface area contributed by atoms with Crippen LogP contribution in [0.2, 0.25) is 0 Å². The molecule has 2 unspecified atom stereocenters. The summed E-state index contributed by atoms with van der Waals surface area (Å²) in [5, 5.41) is 42.5. The van der Waals surface area contributed by atoms with Crippen molar-refractivity contribution < 1.29 is 34.6 Å². The SMILES string of the molecule is CC(C)(C)NCCO[C@H]1OC(CO)[C@@H](O)[C@H](O)C1Oc1ccc(O)cc1. The normalized spacial score (nSPS) is 29.5. The summed E-state index contributed by atoms with van der Waals surface area (Å²) in [5.41, 5.74) is -0.0674. The number of aliphatic hydroxyl groups is 3. The predicted molar refractivity (Wildman–Crippen MR) is 94.0 cm³/mol. The maximum absolute atomic E-state index is 10.4. The second-order valence-corrected chi connectivity index (χ2v) is 7.33.